The number of likely N-dealkylation sites (tertiary alicyclic amines) is 1. The zero-order valence-corrected chi connectivity index (χ0v) is 19.5. The zero-order valence-electron chi connectivity index (χ0n) is 18.7. The Balaban J connectivity index is 1.73. The number of ketones is 1. The lowest BCUT2D eigenvalue weighted by molar-refractivity contribution is -0.140. The summed E-state index contributed by atoms with van der Waals surface area (Å²) >= 11 is 5.96. The van der Waals surface area contributed by atoms with Gasteiger partial charge in [0.25, 0.3) is 11.7 Å². The van der Waals surface area contributed by atoms with Gasteiger partial charge in [-0.25, -0.2) is 4.79 Å². The van der Waals surface area contributed by atoms with Gasteiger partial charge in [-0.1, -0.05) is 23.7 Å². The first-order chi connectivity index (χ1) is 16.4. The van der Waals surface area contributed by atoms with Crippen molar-refractivity contribution in [2.75, 3.05) is 46.5 Å². The molecule has 2 heterocycles. The topological polar surface area (TPSA) is 96.4 Å². The maximum Gasteiger partial charge on any atom is 0.337 e. The predicted octanol–water partition coefficient (Wildman–Crippen LogP) is 2.88. The van der Waals surface area contributed by atoms with Crippen molar-refractivity contribution in [3.05, 3.63) is 75.8 Å². The Hall–Kier alpha value is -3.20. The van der Waals surface area contributed by atoms with Crippen molar-refractivity contribution < 1.29 is 29.0 Å². The second-order valence-corrected chi connectivity index (χ2v) is 8.50. The number of esters is 1. The highest BCUT2D eigenvalue weighted by molar-refractivity contribution is 6.46. The largest absolute Gasteiger partial charge is 0.507 e. The Labute approximate surface area is 202 Å². The van der Waals surface area contributed by atoms with Crippen LogP contribution < -0.4 is 0 Å². The van der Waals surface area contributed by atoms with Crippen LogP contribution in [0.1, 0.15) is 27.5 Å². The fourth-order valence-electron chi connectivity index (χ4n) is 4.21. The van der Waals surface area contributed by atoms with E-state index in [1.165, 1.54) is 12.0 Å². The van der Waals surface area contributed by atoms with E-state index < -0.39 is 23.7 Å². The van der Waals surface area contributed by atoms with E-state index in [-0.39, 0.29) is 11.3 Å². The van der Waals surface area contributed by atoms with Crippen LogP contribution in [0.25, 0.3) is 5.76 Å². The summed E-state index contributed by atoms with van der Waals surface area (Å²) in [5, 5.41) is 11.6. The summed E-state index contributed by atoms with van der Waals surface area (Å²) in [7, 11) is 1.29. The minimum absolute atomic E-state index is 0.000109. The van der Waals surface area contributed by atoms with E-state index in [9.17, 15) is 19.5 Å². The average molecular weight is 485 g/mol. The molecule has 2 fully saturated rings. The van der Waals surface area contributed by atoms with Crippen molar-refractivity contribution in [1.82, 2.24) is 9.80 Å². The molecule has 1 N–H and O–H groups in total. The van der Waals surface area contributed by atoms with Crippen molar-refractivity contribution in [2.24, 2.45) is 0 Å². The van der Waals surface area contributed by atoms with Gasteiger partial charge in [-0.05, 0) is 42.0 Å². The van der Waals surface area contributed by atoms with Crippen LogP contribution in [0.4, 0.5) is 0 Å². The van der Waals surface area contributed by atoms with Gasteiger partial charge in [0.1, 0.15) is 5.76 Å². The number of Topliss-reactive ketones (excluding diaryl/α,β-unsaturated/α-hetero) is 1. The first-order valence-electron chi connectivity index (χ1n) is 10.9. The third kappa shape index (κ3) is 4.84. The van der Waals surface area contributed by atoms with E-state index in [1.807, 2.05) is 0 Å². The summed E-state index contributed by atoms with van der Waals surface area (Å²) in [5.74, 6) is -2.19. The molecule has 9 heteroatoms. The molecule has 0 unspecified atom stereocenters. The maximum absolute atomic E-state index is 13.1. The third-order valence-corrected chi connectivity index (χ3v) is 6.32. The van der Waals surface area contributed by atoms with Crippen molar-refractivity contribution in [3.8, 4) is 0 Å². The summed E-state index contributed by atoms with van der Waals surface area (Å²) in [4.78, 5) is 41.7. The third-order valence-electron chi connectivity index (χ3n) is 6.07. The number of nitrogens with zero attached hydrogens (tertiary/aromatic N) is 2. The predicted molar refractivity (Wildman–Crippen MR) is 126 cm³/mol. The van der Waals surface area contributed by atoms with Gasteiger partial charge in [-0.3, -0.25) is 14.5 Å². The molecule has 4 rings (SSSR count). The van der Waals surface area contributed by atoms with Crippen LogP contribution in [-0.2, 0) is 19.1 Å². The summed E-state index contributed by atoms with van der Waals surface area (Å²) < 4.78 is 10.1. The number of morpholine rings is 1. The maximum atomic E-state index is 13.1. The molecule has 0 spiro atoms. The summed E-state index contributed by atoms with van der Waals surface area (Å²) in [5.41, 5.74) is 1.32. The van der Waals surface area contributed by atoms with E-state index in [2.05, 4.69) is 4.90 Å². The second-order valence-electron chi connectivity index (χ2n) is 8.07. The summed E-state index contributed by atoms with van der Waals surface area (Å²) in [6, 6.07) is 12.1. The normalized spacial score (nSPS) is 20.5. The lowest BCUT2D eigenvalue weighted by atomic mass is 9.94. The first-order valence-corrected chi connectivity index (χ1v) is 11.3. The molecule has 1 amide bonds. The number of carbonyl (C=O) groups is 3. The highest BCUT2D eigenvalue weighted by Crippen LogP contribution is 2.39. The zero-order chi connectivity index (χ0) is 24.2. The molecule has 0 aliphatic carbocycles. The Morgan fingerprint density at radius 2 is 1.65 bits per heavy atom. The number of amides is 1. The molecule has 0 aromatic heterocycles. The van der Waals surface area contributed by atoms with Gasteiger partial charge in [0, 0.05) is 36.8 Å². The lowest BCUT2D eigenvalue weighted by Gasteiger charge is -2.31. The Kier molecular flexibility index (Phi) is 7.31. The molecular weight excluding hydrogens is 460 g/mol. The van der Waals surface area contributed by atoms with Gasteiger partial charge in [0.2, 0.25) is 0 Å². The molecule has 2 aliphatic rings. The molecule has 34 heavy (non-hydrogen) atoms. The van der Waals surface area contributed by atoms with Crippen LogP contribution in [0.15, 0.2) is 54.1 Å². The molecule has 1 atom stereocenters. The lowest BCUT2D eigenvalue weighted by Crippen LogP contribution is -2.42. The molecule has 8 nitrogen and oxygen atoms in total. The smallest absolute Gasteiger partial charge is 0.337 e. The van der Waals surface area contributed by atoms with Crippen molar-refractivity contribution >= 4 is 35.0 Å². The van der Waals surface area contributed by atoms with Gasteiger partial charge >= 0.3 is 5.97 Å². The number of benzene rings is 2. The van der Waals surface area contributed by atoms with Gasteiger partial charge in [0.05, 0.1) is 37.5 Å². The van der Waals surface area contributed by atoms with Gasteiger partial charge in [-0.2, -0.15) is 0 Å². The summed E-state index contributed by atoms with van der Waals surface area (Å²) in [6.07, 6.45) is 0. The number of ether oxygens (including phenoxy) is 2. The molecule has 2 saturated heterocycles. The van der Waals surface area contributed by atoms with E-state index >= 15 is 0 Å². The SMILES string of the molecule is COC(=O)c1ccc([C@@H]2/C(=C(\O)c3ccc(Cl)cc3)C(=O)C(=O)N2CCN2CCOCC2)cc1. The van der Waals surface area contributed by atoms with Crippen LogP contribution >= 0.6 is 11.6 Å². The van der Waals surface area contributed by atoms with Crippen LogP contribution in [0.5, 0.6) is 0 Å². The van der Waals surface area contributed by atoms with Crippen molar-refractivity contribution in [3.63, 3.8) is 0 Å². The number of halogens is 1. The fraction of sp³-hybridized carbons (Fsp3) is 0.320. The molecule has 0 saturated carbocycles. The Bertz CT molecular complexity index is 1110. The number of aliphatic hydroxyl groups is 1. The fourth-order valence-corrected chi connectivity index (χ4v) is 4.34. The highest BCUT2D eigenvalue weighted by Gasteiger charge is 2.46. The monoisotopic (exact) mass is 484 g/mol. The number of rotatable bonds is 6. The van der Waals surface area contributed by atoms with Crippen LogP contribution in [0.3, 0.4) is 0 Å². The molecular formula is C25H25ClN2O6. The molecule has 2 aromatic rings. The second kappa shape index (κ2) is 10.4. The Morgan fingerprint density at radius 3 is 2.26 bits per heavy atom. The van der Waals surface area contributed by atoms with Crippen molar-refractivity contribution in [1.29, 1.82) is 0 Å². The van der Waals surface area contributed by atoms with E-state index in [0.29, 0.717) is 48.0 Å². The van der Waals surface area contributed by atoms with Crippen LogP contribution in [0.2, 0.25) is 5.02 Å². The van der Waals surface area contributed by atoms with Crippen molar-refractivity contribution in [2.45, 2.75) is 6.04 Å². The van der Waals surface area contributed by atoms with Gasteiger partial charge < -0.3 is 19.5 Å². The standard InChI is InChI=1S/C25H25ClN2O6/c1-33-25(32)18-4-2-16(3-5-18)21-20(22(29)17-6-8-19(26)9-7-17)23(30)24(31)28(21)11-10-27-12-14-34-15-13-27/h2-9,21,29H,10-15H2,1H3/b22-20+/t21-/m1/s1. The quantitative estimate of drug-likeness (QED) is 0.291. The van der Waals surface area contributed by atoms with E-state index in [0.717, 1.165) is 13.1 Å². The van der Waals surface area contributed by atoms with Crippen LogP contribution in [0, 0.1) is 0 Å². The average Bonchev–Trinajstić information content (AvgIpc) is 3.12. The molecule has 0 radical (unpaired) electrons. The summed E-state index contributed by atoms with van der Waals surface area (Å²) in [6.45, 7) is 3.58. The van der Waals surface area contributed by atoms with E-state index in [1.54, 1.807) is 48.5 Å². The number of methoxy groups -OCH3 is 1. The molecule has 2 aromatic carbocycles. The Morgan fingerprint density at radius 1 is 1.03 bits per heavy atom. The van der Waals surface area contributed by atoms with Gasteiger partial charge in [0.15, 0.2) is 0 Å². The number of carbonyl (C=O) groups excluding carboxylic acids is 3. The molecule has 0 bridgehead atoms. The van der Waals surface area contributed by atoms with Crippen LogP contribution in [-0.4, -0.2) is 79.1 Å². The molecule has 178 valence electrons. The highest BCUT2D eigenvalue weighted by atomic mass is 35.5. The van der Waals surface area contributed by atoms with E-state index in [4.69, 9.17) is 21.1 Å². The minimum atomic E-state index is -0.802. The number of hydrogen-bond acceptors (Lipinski definition) is 7. The van der Waals surface area contributed by atoms with Gasteiger partial charge in [-0.15, -0.1) is 0 Å². The molecule has 2 aliphatic heterocycles. The number of aliphatic hydroxyl groups excluding tert-OH is 1. The number of hydrogen-bond donors (Lipinski definition) is 1. The minimum Gasteiger partial charge on any atom is -0.507 e. The first kappa shape index (κ1) is 23.9.